The van der Waals surface area contributed by atoms with Crippen molar-refractivity contribution in [1.82, 2.24) is 39.7 Å². The van der Waals surface area contributed by atoms with Crippen LogP contribution in [0.1, 0.15) is 43.2 Å². The molecule has 256 valence electrons. The predicted octanol–water partition coefficient (Wildman–Crippen LogP) is 5.62. The average molecular weight is 699 g/mol. The smallest absolute Gasteiger partial charge is 0.345 e. The van der Waals surface area contributed by atoms with Gasteiger partial charge in [0.15, 0.2) is 5.82 Å². The van der Waals surface area contributed by atoms with Gasteiger partial charge in [-0.25, -0.2) is 13.6 Å². The molecule has 50 heavy (non-hydrogen) atoms. The van der Waals surface area contributed by atoms with Crippen LogP contribution in [0.25, 0.3) is 32.9 Å². The van der Waals surface area contributed by atoms with Crippen molar-refractivity contribution < 1.29 is 18.3 Å². The van der Waals surface area contributed by atoms with Gasteiger partial charge in [0, 0.05) is 48.0 Å². The van der Waals surface area contributed by atoms with E-state index in [0.29, 0.717) is 48.4 Å². The number of nitriles is 1. The predicted molar refractivity (Wildman–Crippen MR) is 181 cm³/mol. The molecule has 0 saturated carbocycles. The molecule has 4 fully saturated rings. The van der Waals surface area contributed by atoms with Crippen LogP contribution < -0.4 is 9.64 Å². The van der Waals surface area contributed by atoms with Crippen LogP contribution in [0.15, 0.2) is 36.8 Å². The van der Waals surface area contributed by atoms with E-state index in [-0.39, 0.29) is 46.8 Å². The highest BCUT2D eigenvalue weighted by Crippen LogP contribution is 2.44. The molecule has 4 atom stereocenters. The number of benzene rings is 2. The van der Waals surface area contributed by atoms with Crippen molar-refractivity contribution in [2.24, 2.45) is 0 Å². The number of nitrogens with zero attached hydrogens (tertiary/aromatic N) is 9. The third kappa shape index (κ3) is 4.81. The van der Waals surface area contributed by atoms with E-state index < -0.39 is 17.5 Å². The Morgan fingerprint density at radius 3 is 2.76 bits per heavy atom. The lowest BCUT2D eigenvalue weighted by molar-refractivity contribution is 0.107. The first kappa shape index (κ1) is 31.1. The van der Waals surface area contributed by atoms with Gasteiger partial charge < -0.3 is 14.5 Å². The summed E-state index contributed by atoms with van der Waals surface area (Å²) in [5.74, 6) is -0.145. The molecule has 15 heteroatoms. The Kier molecular flexibility index (Phi) is 7.22. The Morgan fingerprint density at radius 2 is 1.98 bits per heavy atom. The van der Waals surface area contributed by atoms with Crippen LogP contribution in [0.3, 0.4) is 0 Å². The number of hydrogen-bond acceptors (Lipinski definition) is 9. The highest BCUT2D eigenvalue weighted by molar-refractivity contribution is 6.35. The van der Waals surface area contributed by atoms with E-state index in [2.05, 4.69) is 30.1 Å². The fourth-order valence-electron chi connectivity index (χ4n) is 8.79. The normalized spacial score (nSPS) is 24.7. The van der Waals surface area contributed by atoms with Crippen molar-refractivity contribution in [2.75, 3.05) is 37.7 Å². The van der Waals surface area contributed by atoms with Crippen molar-refractivity contribution in [3.63, 3.8) is 0 Å². The summed E-state index contributed by atoms with van der Waals surface area (Å²) in [6.45, 7) is 4.13. The summed E-state index contributed by atoms with van der Waals surface area (Å²) in [6.07, 6.45) is 7.21. The number of rotatable bonds is 5. The number of aromatic amines is 1. The van der Waals surface area contributed by atoms with Crippen LogP contribution in [0, 0.1) is 24.1 Å². The summed E-state index contributed by atoms with van der Waals surface area (Å²) in [4.78, 5) is 29.1. The Hall–Kier alpha value is -4.87. The van der Waals surface area contributed by atoms with Gasteiger partial charge in [0.1, 0.15) is 30.2 Å². The Balaban J connectivity index is 1.13. The van der Waals surface area contributed by atoms with Crippen LogP contribution in [-0.4, -0.2) is 102 Å². The minimum atomic E-state index is -0.925. The van der Waals surface area contributed by atoms with Crippen molar-refractivity contribution in [1.29, 1.82) is 5.26 Å². The van der Waals surface area contributed by atoms with Gasteiger partial charge in [-0.15, -0.1) is 0 Å². The van der Waals surface area contributed by atoms with E-state index in [1.165, 1.54) is 17.1 Å². The van der Waals surface area contributed by atoms with Gasteiger partial charge in [-0.2, -0.15) is 30.1 Å². The number of hydrogen-bond donors (Lipinski definition) is 1. The largest absolute Gasteiger partial charge is 0.461 e. The molecule has 2 unspecified atom stereocenters. The van der Waals surface area contributed by atoms with Gasteiger partial charge in [0.25, 0.3) is 0 Å². The monoisotopic (exact) mass is 698 g/mol. The van der Waals surface area contributed by atoms with Crippen LogP contribution in [-0.2, 0) is 0 Å². The zero-order valence-corrected chi connectivity index (χ0v) is 28.0. The second-order valence-corrected chi connectivity index (χ2v) is 14.4. The van der Waals surface area contributed by atoms with Crippen molar-refractivity contribution in [2.45, 2.75) is 62.8 Å². The topological polar surface area (TPSA) is 132 Å². The van der Waals surface area contributed by atoms with Crippen molar-refractivity contribution in [3.8, 4) is 23.2 Å². The molecule has 1 N–H and O–H groups in total. The molecule has 2 bridgehead atoms. The first-order valence-electron chi connectivity index (χ1n) is 16.9. The Morgan fingerprint density at radius 1 is 1.16 bits per heavy atom. The molecule has 1 amide bonds. The van der Waals surface area contributed by atoms with Crippen LogP contribution in [0.4, 0.5) is 19.4 Å². The van der Waals surface area contributed by atoms with E-state index >= 15 is 4.39 Å². The number of carbonyl (C=O) groups excluding carboxylic acids is 1. The standard InChI is InChI=1S/C35H33ClF2N10O2/c1-19-3-6-27-25(13-40-44-27)28(19)29-26(36)9-24-31(30(29)38)42-33(50-18-35-7-2-8-46(35)15-21(37)10-35)43-32(24)45-16-22-4-5-23(17-45)48(22)34(49)47-14-20(11-39)12-41-47/h3,6,9,12-14,21-23H,2,4-5,7-8,10,15-18H2,1H3,(H,40,44)/t21-,22?,23?,35+/m1/s1. The molecule has 5 aromatic rings. The lowest BCUT2D eigenvalue weighted by Crippen LogP contribution is -2.57. The van der Waals surface area contributed by atoms with Crippen LogP contribution in [0.2, 0.25) is 5.02 Å². The van der Waals surface area contributed by atoms with Crippen molar-refractivity contribution in [3.05, 3.63) is 58.8 Å². The molecule has 0 radical (unpaired) electrons. The van der Waals surface area contributed by atoms with Crippen molar-refractivity contribution >= 4 is 45.3 Å². The molecule has 9 rings (SSSR count). The van der Waals surface area contributed by atoms with Gasteiger partial charge in [-0.1, -0.05) is 17.7 Å². The minimum Gasteiger partial charge on any atom is -0.461 e. The summed E-state index contributed by atoms with van der Waals surface area (Å²) < 4.78 is 39.2. The minimum absolute atomic E-state index is 0.00729. The summed E-state index contributed by atoms with van der Waals surface area (Å²) in [5, 5.41) is 21.8. The fraction of sp³-hybridized carbons (Fsp3) is 0.429. The molecule has 12 nitrogen and oxygen atoms in total. The summed E-state index contributed by atoms with van der Waals surface area (Å²) in [6, 6.07) is 6.89. The lowest BCUT2D eigenvalue weighted by Gasteiger charge is -2.41. The number of nitrogens with one attached hydrogen (secondary N) is 1. The number of halogens is 3. The number of fused-ring (bicyclic) bond motifs is 5. The number of aryl methyl sites for hydroxylation is 1. The van der Waals surface area contributed by atoms with Crippen LogP contribution >= 0.6 is 11.6 Å². The second kappa shape index (κ2) is 11.6. The molecule has 0 aliphatic carbocycles. The summed E-state index contributed by atoms with van der Waals surface area (Å²) in [5.41, 5.74) is 2.32. The second-order valence-electron chi connectivity index (χ2n) is 14.0. The molecular weight excluding hydrogens is 666 g/mol. The molecule has 4 saturated heterocycles. The lowest BCUT2D eigenvalue weighted by atomic mass is 9.95. The number of carbonyl (C=O) groups is 1. The van der Waals surface area contributed by atoms with Gasteiger partial charge in [0.05, 0.1) is 52.3 Å². The molecule has 3 aromatic heterocycles. The van der Waals surface area contributed by atoms with Gasteiger partial charge in [0.2, 0.25) is 0 Å². The first-order chi connectivity index (χ1) is 24.2. The number of aromatic nitrogens is 6. The molecule has 0 spiro atoms. The molecule has 2 aromatic carbocycles. The zero-order valence-electron chi connectivity index (χ0n) is 27.2. The number of amides is 1. The average Bonchev–Trinajstić information content (AvgIpc) is 3.93. The van der Waals surface area contributed by atoms with E-state index in [0.717, 1.165) is 48.7 Å². The van der Waals surface area contributed by atoms with E-state index in [9.17, 15) is 14.4 Å². The number of ether oxygens (including phenoxy) is 1. The molecular formula is C35H33ClF2N10O2. The third-order valence-electron chi connectivity index (χ3n) is 11.1. The number of alkyl halides is 1. The molecule has 4 aliphatic heterocycles. The van der Waals surface area contributed by atoms with E-state index in [1.54, 1.807) is 12.3 Å². The SMILES string of the molecule is Cc1ccc2[nH]ncc2c1-c1c(Cl)cc2c(N3CC4CCC(C3)N4C(=O)n3cc(C#N)cn3)nc(OC[C@@]34CCCN3C[C@H](F)C4)nc2c1F. The summed E-state index contributed by atoms with van der Waals surface area (Å²) in [7, 11) is 0. The maximum absolute atomic E-state index is 17.1. The van der Waals surface area contributed by atoms with Crippen LogP contribution in [0.5, 0.6) is 6.01 Å². The first-order valence-corrected chi connectivity index (χ1v) is 17.3. The Labute approximate surface area is 290 Å². The zero-order chi connectivity index (χ0) is 34.3. The number of H-pyrrole nitrogens is 1. The van der Waals surface area contributed by atoms with Gasteiger partial charge in [-0.05, 0) is 56.8 Å². The fourth-order valence-corrected chi connectivity index (χ4v) is 9.08. The number of piperazine rings is 1. The van der Waals surface area contributed by atoms with Gasteiger partial charge >= 0.3 is 12.0 Å². The quantitative estimate of drug-likeness (QED) is 0.249. The number of anilines is 1. The molecule has 4 aliphatic rings. The summed E-state index contributed by atoms with van der Waals surface area (Å²) >= 11 is 6.97. The van der Waals surface area contributed by atoms with Gasteiger partial charge in [-0.3, -0.25) is 10.00 Å². The Bertz CT molecular complexity index is 2220. The maximum atomic E-state index is 17.1. The van der Waals surface area contributed by atoms with E-state index in [1.807, 2.05) is 30.0 Å². The third-order valence-corrected chi connectivity index (χ3v) is 11.4. The highest BCUT2D eigenvalue weighted by Gasteiger charge is 2.50. The highest BCUT2D eigenvalue weighted by atomic mass is 35.5. The van der Waals surface area contributed by atoms with E-state index in [4.69, 9.17) is 21.3 Å². The molecule has 7 heterocycles. The maximum Gasteiger partial charge on any atom is 0.345 e.